The molecule has 2 aromatic rings. The summed E-state index contributed by atoms with van der Waals surface area (Å²) in [5.74, 6) is 0.548. The van der Waals surface area contributed by atoms with Crippen molar-refractivity contribution in [3.05, 3.63) is 41.3 Å². The summed E-state index contributed by atoms with van der Waals surface area (Å²) in [6.45, 7) is 2.58. The normalized spacial score (nSPS) is 18.8. The van der Waals surface area contributed by atoms with Crippen molar-refractivity contribution in [2.75, 3.05) is 18.4 Å². The molecule has 122 valence electrons. The standard InChI is InChI=1S/C16H20ClN5O/c1-21-14(6-7-19-21)11-22-8-2-3-12(10-22)16(23)20-15-5-4-13(17)9-18-15/h4-7,9,12H,2-3,8,10-11H2,1H3,(H,18,20,23)/t12-/m1/s1. The van der Waals surface area contributed by atoms with Crippen LogP contribution in [0.15, 0.2) is 30.6 Å². The summed E-state index contributed by atoms with van der Waals surface area (Å²) in [4.78, 5) is 18.9. The van der Waals surface area contributed by atoms with Crippen LogP contribution < -0.4 is 5.32 Å². The van der Waals surface area contributed by atoms with E-state index in [1.807, 2.05) is 17.8 Å². The smallest absolute Gasteiger partial charge is 0.229 e. The van der Waals surface area contributed by atoms with Crippen LogP contribution in [0.25, 0.3) is 0 Å². The molecule has 1 aliphatic heterocycles. The topological polar surface area (TPSA) is 63.1 Å². The monoisotopic (exact) mass is 333 g/mol. The average molecular weight is 334 g/mol. The molecule has 3 heterocycles. The molecule has 3 rings (SSSR count). The van der Waals surface area contributed by atoms with E-state index in [1.165, 1.54) is 6.20 Å². The lowest BCUT2D eigenvalue weighted by atomic mass is 9.97. The Morgan fingerprint density at radius 1 is 1.43 bits per heavy atom. The number of piperidine rings is 1. The van der Waals surface area contributed by atoms with E-state index in [1.54, 1.807) is 18.3 Å². The van der Waals surface area contributed by atoms with Crippen molar-refractivity contribution in [2.45, 2.75) is 19.4 Å². The third kappa shape index (κ3) is 4.09. The lowest BCUT2D eigenvalue weighted by Gasteiger charge is -2.31. The van der Waals surface area contributed by atoms with Gasteiger partial charge in [0.2, 0.25) is 5.91 Å². The molecule has 1 N–H and O–H groups in total. The van der Waals surface area contributed by atoms with E-state index in [9.17, 15) is 4.79 Å². The Labute approximate surface area is 140 Å². The second-order valence-corrected chi connectivity index (χ2v) is 6.31. The third-order valence-electron chi connectivity index (χ3n) is 4.16. The highest BCUT2D eigenvalue weighted by molar-refractivity contribution is 6.30. The van der Waals surface area contributed by atoms with Crippen LogP contribution in [0, 0.1) is 5.92 Å². The molecule has 1 amide bonds. The Kier molecular flexibility index (Phi) is 4.93. The molecule has 0 aliphatic carbocycles. The zero-order valence-corrected chi connectivity index (χ0v) is 13.8. The van der Waals surface area contributed by atoms with E-state index in [0.29, 0.717) is 10.8 Å². The van der Waals surface area contributed by atoms with Crippen molar-refractivity contribution >= 4 is 23.3 Å². The molecule has 1 aliphatic rings. The number of carbonyl (C=O) groups excluding carboxylic acids is 1. The predicted octanol–water partition coefficient (Wildman–Crippen LogP) is 2.32. The van der Waals surface area contributed by atoms with Crippen LogP contribution in [0.3, 0.4) is 0 Å². The van der Waals surface area contributed by atoms with Gasteiger partial charge < -0.3 is 5.32 Å². The van der Waals surface area contributed by atoms with Gasteiger partial charge in [0, 0.05) is 32.5 Å². The van der Waals surface area contributed by atoms with E-state index >= 15 is 0 Å². The second kappa shape index (κ2) is 7.10. The van der Waals surface area contributed by atoms with Crippen LogP contribution in [0.2, 0.25) is 5.02 Å². The van der Waals surface area contributed by atoms with Gasteiger partial charge in [-0.3, -0.25) is 14.4 Å². The van der Waals surface area contributed by atoms with Gasteiger partial charge in [-0.05, 0) is 37.6 Å². The Morgan fingerprint density at radius 2 is 2.30 bits per heavy atom. The molecular formula is C16H20ClN5O. The summed E-state index contributed by atoms with van der Waals surface area (Å²) in [7, 11) is 1.94. The summed E-state index contributed by atoms with van der Waals surface area (Å²) < 4.78 is 1.88. The van der Waals surface area contributed by atoms with Crippen LogP contribution in [0.1, 0.15) is 18.5 Å². The Morgan fingerprint density at radius 3 is 3.00 bits per heavy atom. The Hall–Kier alpha value is -1.92. The number of hydrogen-bond donors (Lipinski definition) is 1. The summed E-state index contributed by atoms with van der Waals surface area (Å²) in [6, 6.07) is 5.46. The van der Waals surface area contributed by atoms with Crippen molar-refractivity contribution in [2.24, 2.45) is 13.0 Å². The molecule has 0 spiro atoms. The number of anilines is 1. The fourth-order valence-corrected chi connectivity index (χ4v) is 2.99. The lowest BCUT2D eigenvalue weighted by molar-refractivity contribution is -0.121. The molecule has 0 radical (unpaired) electrons. The zero-order valence-electron chi connectivity index (χ0n) is 13.1. The molecule has 1 fully saturated rings. The van der Waals surface area contributed by atoms with Crippen LogP contribution in [-0.4, -0.2) is 38.7 Å². The van der Waals surface area contributed by atoms with E-state index in [2.05, 4.69) is 20.3 Å². The highest BCUT2D eigenvalue weighted by atomic mass is 35.5. The van der Waals surface area contributed by atoms with E-state index < -0.39 is 0 Å². The van der Waals surface area contributed by atoms with Crippen LogP contribution >= 0.6 is 11.6 Å². The maximum atomic E-state index is 12.4. The fourth-order valence-electron chi connectivity index (χ4n) is 2.88. The van der Waals surface area contributed by atoms with Gasteiger partial charge in [0.1, 0.15) is 5.82 Å². The largest absolute Gasteiger partial charge is 0.310 e. The molecule has 23 heavy (non-hydrogen) atoms. The maximum Gasteiger partial charge on any atom is 0.229 e. The summed E-state index contributed by atoms with van der Waals surface area (Å²) >= 11 is 5.81. The number of pyridine rings is 1. The maximum absolute atomic E-state index is 12.4. The molecule has 0 bridgehead atoms. The number of hydrogen-bond acceptors (Lipinski definition) is 4. The first-order valence-electron chi connectivity index (χ1n) is 7.73. The lowest BCUT2D eigenvalue weighted by Crippen LogP contribution is -2.40. The number of amides is 1. The summed E-state index contributed by atoms with van der Waals surface area (Å²) in [6.07, 6.45) is 5.26. The molecular weight excluding hydrogens is 314 g/mol. The molecule has 1 atom stereocenters. The van der Waals surface area contributed by atoms with Crippen molar-refractivity contribution in [3.63, 3.8) is 0 Å². The Bertz CT molecular complexity index is 669. The van der Waals surface area contributed by atoms with Crippen LogP contribution in [0.5, 0.6) is 0 Å². The minimum Gasteiger partial charge on any atom is -0.310 e. The SMILES string of the molecule is Cn1nccc1CN1CCC[C@@H](C(=O)Nc2ccc(Cl)cn2)C1. The first kappa shape index (κ1) is 16.0. The first-order chi connectivity index (χ1) is 11.1. The average Bonchev–Trinajstić information content (AvgIpc) is 2.95. The number of nitrogens with zero attached hydrogens (tertiary/aromatic N) is 4. The van der Waals surface area contributed by atoms with Gasteiger partial charge in [-0.1, -0.05) is 11.6 Å². The molecule has 7 heteroatoms. The third-order valence-corrected chi connectivity index (χ3v) is 4.39. The van der Waals surface area contributed by atoms with Crippen molar-refractivity contribution < 1.29 is 4.79 Å². The molecule has 2 aromatic heterocycles. The minimum atomic E-state index is -0.0190. The molecule has 0 saturated carbocycles. The number of aromatic nitrogens is 3. The van der Waals surface area contributed by atoms with Gasteiger partial charge in [0.15, 0.2) is 0 Å². The second-order valence-electron chi connectivity index (χ2n) is 5.87. The first-order valence-corrected chi connectivity index (χ1v) is 8.11. The molecule has 6 nitrogen and oxygen atoms in total. The molecule has 0 unspecified atom stereocenters. The number of nitrogens with one attached hydrogen (secondary N) is 1. The van der Waals surface area contributed by atoms with Gasteiger partial charge in [-0.25, -0.2) is 4.98 Å². The molecule has 1 saturated heterocycles. The molecule has 0 aromatic carbocycles. The van der Waals surface area contributed by atoms with Gasteiger partial charge in [0.25, 0.3) is 0 Å². The highest BCUT2D eigenvalue weighted by Crippen LogP contribution is 2.20. The van der Waals surface area contributed by atoms with Crippen molar-refractivity contribution in [1.82, 2.24) is 19.7 Å². The quantitative estimate of drug-likeness (QED) is 0.932. The van der Waals surface area contributed by atoms with E-state index in [-0.39, 0.29) is 11.8 Å². The number of likely N-dealkylation sites (tertiary alicyclic amines) is 1. The highest BCUT2D eigenvalue weighted by Gasteiger charge is 2.26. The summed E-state index contributed by atoms with van der Waals surface area (Å²) in [5.41, 5.74) is 1.16. The van der Waals surface area contributed by atoms with Crippen molar-refractivity contribution in [3.8, 4) is 0 Å². The van der Waals surface area contributed by atoms with Crippen LogP contribution in [0.4, 0.5) is 5.82 Å². The van der Waals surface area contributed by atoms with Gasteiger partial charge >= 0.3 is 0 Å². The summed E-state index contributed by atoms with van der Waals surface area (Å²) in [5, 5.41) is 7.63. The minimum absolute atomic E-state index is 0.0190. The number of rotatable bonds is 4. The number of aryl methyl sites for hydroxylation is 1. The van der Waals surface area contributed by atoms with Gasteiger partial charge in [-0.15, -0.1) is 0 Å². The Balaban J connectivity index is 1.58. The van der Waals surface area contributed by atoms with E-state index in [0.717, 1.165) is 38.2 Å². The number of carbonyl (C=O) groups is 1. The fraction of sp³-hybridized carbons (Fsp3) is 0.438. The zero-order chi connectivity index (χ0) is 16.2. The van der Waals surface area contributed by atoms with Gasteiger partial charge in [-0.2, -0.15) is 5.10 Å². The van der Waals surface area contributed by atoms with Gasteiger partial charge in [0.05, 0.1) is 16.6 Å². The van der Waals surface area contributed by atoms with Crippen molar-refractivity contribution in [1.29, 1.82) is 0 Å². The predicted molar refractivity (Wildman–Crippen MR) is 89.1 cm³/mol. The van der Waals surface area contributed by atoms with Crippen LogP contribution in [-0.2, 0) is 18.4 Å². The van der Waals surface area contributed by atoms with E-state index in [4.69, 9.17) is 11.6 Å². The number of halogens is 1.